The molecule has 1 saturated heterocycles. The van der Waals surface area contributed by atoms with Crippen LogP contribution in [0, 0.1) is 0 Å². The summed E-state index contributed by atoms with van der Waals surface area (Å²) in [5, 5.41) is 1.90. The molecule has 1 unspecified atom stereocenters. The highest BCUT2D eigenvalue weighted by atomic mass is 19.4. The van der Waals surface area contributed by atoms with Gasteiger partial charge < -0.3 is 10.2 Å². The molecule has 6 nitrogen and oxygen atoms in total. The number of pyridine rings is 1. The van der Waals surface area contributed by atoms with Crippen molar-refractivity contribution in [3.8, 4) is 0 Å². The lowest BCUT2D eigenvalue weighted by Gasteiger charge is -2.27. The zero-order valence-electron chi connectivity index (χ0n) is 17.0. The summed E-state index contributed by atoms with van der Waals surface area (Å²) in [7, 11) is 0. The second-order valence-electron chi connectivity index (χ2n) is 7.52. The molecule has 2 heterocycles. The van der Waals surface area contributed by atoms with Crippen molar-refractivity contribution >= 4 is 11.8 Å². The summed E-state index contributed by atoms with van der Waals surface area (Å²) in [5.74, 6) is -2.59. The lowest BCUT2D eigenvalue weighted by Crippen LogP contribution is -2.53. The number of nitrogens with one attached hydrogen (secondary N) is 1. The predicted octanol–water partition coefficient (Wildman–Crippen LogP) is 2.41. The molecule has 1 aromatic carbocycles. The quantitative estimate of drug-likeness (QED) is 0.759. The van der Waals surface area contributed by atoms with Crippen molar-refractivity contribution in [1.29, 1.82) is 0 Å². The number of alkyl halides is 3. The van der Waals surface area contributed by atoms with E-state index in [1.807, 2.05) is 17.4 Å². The first-order valence-electron chi connectivity index (χ1n) is 10.1. The first-order valence-corrected chi connectivity index (χ1v) is 10.1. The molecule has 1 N–H and O–H groups in total. The molecular formula is C22H25F3N4O2. The Hall–Kier alpha value is -2.94. The predicted molar refractivity (Wildman–Crippen MR) is 109 cm³/mol. The number of hydrogen-bond acceptors (Lipinski definition) is 4. The van der Waals surface area contributed by atoms with Crippen LogP contribution in [0.3, 0.4) is 0 Å². The zero-order chi connectivity index (χ0) is 22.3. The molecule has 0 radical (unpaired) electrons. The maximum Gasteiger partial charge on any atom is 0.471 e. The van der Waals surface area contributed by atoms with Gasteiger partial charge in [-0.15, -0.1) is 0 Å². The number of aromatic nitrogens is 1. The van der Waals surface area contributed by atoms with E-state index in [0.29, 0.717) is 38.2 Å². The van der Waals surface area contributed by atoms with Crippen LogP contribution < -0.4 is 5.32 Å². The Kier molecular flexibility index (Phi) is 7.62. The number of nitrogens with zero attached hydrogens (tertiary/aromatic N) is 3. The summed E-state index contributed by atoms with van der Waals surface area (Å²) in [6.07, 6.45) is -0.906. The molecule has 0 aliphatic carbocycles. The van der Waals surface area contributed by atoms with Gasteiger partial charge in [0.2, 0.25) is 5.91 Å². The largest absolute Gasteiger partial charge is 0.471 e. The summed E-state index contributed by atoms with van der Waals surface area (Å²) in [5.41, 5.74) is 1.78. The smallest absolute Gasteiger partial charge is 0.340 e. The molecule has 2 amide bonds. The highest BCUT2D eigenvalue weighted by Gasteiger charge is 2.41. The average Bonchev–Trinajstić information content (AvgIpc) is 2.99. The van der Waals surface area contributed by atoms with Crippen LogP contribution in [0.15, 0.2) is 54.9 Å². The zero-order valence-corrected chi connectivity index (χ0v) is 17.0. The fourth-order valence-electron chi connectivity index (χ4n) is 3.61. The topological polar surface area (TPSA) is 65.5 Å². The van der Waals surface area contributed by atoms with Crippen molar-refractivity contribution in [2.24, 2.45) is 0 Å². The molecule has 9 heteroatoms. The summed E-state index contributed by atoms with van der Waals surface area (Å²) >= 11 is 0. The fraction of sp³-hybridized carbons (Fsp3) is 0.409. The van der Waals surface area contributed by atoms with Crippen LogP contribution in [0.25, 0.3) is 0 Å². The van der Waals surface area contributed by atoms with Gasteiger partial charge in [0.25, 0.3) is 0 Å². The molecule has 1 fully saturated rings. The third kappa shape index (κ3) is 6.78. The van der Waals surface area contributed by atoms with E-state index in [9.17, 15) is 22.8 Å². The Balaban J connectivity index is 1.67. The van der Waals surface area contributed by atoms with E-state index < -0.39 is 24.0 Å². The number of carbonyl (C=O) groups excluding carboxylic acids is 2. The molecule has 3 rings (SSSR count). The summed E-state index contributed by atoms with van der Waals surface area (Å²) in [6, 6.07) is 11.3. The monoisotopic (exact) mass is 434 g/mol. The van der Waals surface area contributed by atoms with Gasteiger partial charge in [-0.2, -0.15) is 13.2 Å². The average molecular weight is 434 g/mol. The van der Waals surface area contributed by atoms with Crippen LogP contribution in [-0.4, -0.2) is 65.0 Å². The van der Waals surface area contributed by atoms with Gasteiger partial charge in [-0.25, -0.2) is 0 Å². The number of rotatable bonds is 6. The second kappa shape index (κ2) is 10.4. The maximum atomic E-state index is 13.1. The van der Waals surface area contributed by atoms with Crippen molar-refractivity contribution in [3.63, 3.8) is 0 Å². The van der Waals surface area contributed by atoms with Gasteiger partial charge in [-0.1, -0.05) is 30.3 Å². The number of benzene rings is 1. The van der Waals surface area contributed by atoms with Crippen molar-refractivity contribution in [2.45, 2.75) is 31.6 Å². The molecule has 1 atom stereocenters. The van der Waals surface area contributed by atoms with E-state index in [2.05, 4.69) is 9.88 Å². The first kappa shape index (κ1) is 22.7. The third-order valence-corrected chi connectivity index (χ3v) is 5.20. The van der Waals surface area contributed by atoms with E-state index in [1.165, 1.54) is 0 Å². The molecule has 1 aromatic heterocycles. The molecule has 1 aliphatic rings. The van der Waals surface area contributed by atoms with Gasteiger partial charge >= 0.3 is 12.1 Å². The highest BCUT2D eigenvalue weighted by Crippen LogP contribution is 2.17. The van der Waals surface area contributed by atoms with Gasteiger partial charge in [-0.05, 0) is 29.7 Å². The van der Waals surface area contributed by atoms with Gasteiger partial charge in [0.05, 0.1) is 0 Å². The van der Waals surface area contributed by atoms with Crippen molar-refractivity contribution in [3.05, 3.63) is 66.0 Å². The Morgan fingerprint density at radius 1 is 0.968 bits per heavy atom. The van der Waals surface area contributed by atoms with Crippen molar-refractivity contribution in [1.82, 2.24) is 20.1 Å². The standard InChI is InChI=1S/C22H25F3N4O2/c23-22(24,25)21(31)27-19(15-17-5-2-1-3-6-17)20(30)29-12-4-11-28(13-14-29)16-18-7-9-26-10-8-18/h1-3,5-10,19H,4,11-16H2,(H,27,31). The molecular weight excluding hydrogens is 409 g/mol. The fourth-order valence-corrected chi connectivity index (χ4v) is 3.61. The van der Waals surface area contributed by atoms with Crippen LogP contribution in [-0.2, 0) is 22.6 Å². The lowest BCUT2D eigenvalue weighted by atomic mass is 10.0. The molecule has 0 saturated carbocycles. The number of amides is 2. The minimum absolute atomic E-state index is 0.00127. The van der Waals surface area contributed by atoms with Gasteiger partial charge in [0.15, 0.2) is 0 Å². The summed E-state index contributed by atoms with van der Waals surface area (Å²) in [4.78, 5) is 32.4. The highest BCUT2D eigenvalue weighted by molar-refractivity contribution is 5.90. The molecule has 31 heavy (non-hydrogen) atoms. The van der Waals surface area contributed by atoms with Gasteiger partial charge in [0, 0.05) is 51.5 Å². The van der Waals surface area contributed by atoms with Crippen LogP contribution in [0.1, 0.15) is 17.5 Å². The normalized spacial score (nSPS) is 16.4. The second-order valence-corrected chi connectivity index (χ2v) is 7.52. The van der Waals surface area contributed by atoms with Crippen LogP contribution in [0.4, 0.5) is 13.2 Å². The Morgan fingerprint density at radius 3 is 2.35 bits per heavy atom. The molecule has 166 valence electrons. The summed E-state index contributed by atoms with van der Waals surface area (Å²) in [6.45, 7) is 2.89. The van der Waals surface area contributed by atoms with E-state index in [0.717, 1.165) is 12.1 Å². The van der Waals surface area contributed by atoms with Crippen LogP contribution in [0.5, 0.6) is 0 Å². The number of hydrogen-bond donors (Lipinski definition) is 1. The van der Waals surface area contributed by atoms with Gasteiger partial charge in [-0.3, -0.25) is 19.5 Å². The lowest BCUT2D eigenvalue weighted by molar-refractivity contribution is -0.175. The van der Waals surface area contributed by atoms with E-state index in [4.69, 9.17) is 0 Å². The van der Waals surface area contributed by atoms with Gasteiger partial charge in [0.1, 0.15) is 6.04 Å². The Labute approximate surface area is 179 Å². The Bertz CT molecular complexity index is 862. The number of halogens is 3. The summed E-state index contributed by atoms with van der Waals surface area (Å²) < 4.78 is 38.5. The minimum atomic E-state index is -5.05. The van der Waals surface area contributed by atoms with E-state index in [1.54, 1.807) is 47.6 Å². The van der Waals surface area contributed by atoms with E-state index >= 15 is 0 Å². The van der Waals surface area contributed by atoms with Crippen molar-refractivity contribution < 1.29 is 22.8 Å². The third-order valence-electron chi connectivity index (χ3n) is 5.20. The molecule has 2 aromatic rings. The minimum Gasteiger partial charge on any atom is -0.340 e. The van der Waals surface area contributed by atoms with Crippen molar-refractivity contribution in [2.75, 3.05) is 26.2 Å². The molecule has 0 spiro atoms. The molecule has 0 bridgehead atoms. The number of carbonyl (C=O) groups is 2. The first-order chi connectivity index (χ1) is 14.8. The van der Waals surface area contributed by atoms with E-state index in [-0.39, 0.29) is 6.42 Å². The Morgan fingerprint density at radius 2 is 1.68 bits per heavy atom. The molecule has 1 aliphatic heterocycles. The van der Waals surface area contributed by atoms with Crippen LogP contribution in [0.2, 0.25) is 0 Å². The maximum absolute atomic E-state index is 13.1. The van der Waals surface area contributed by atoms with Crippen LogP contribution >= 0.6 is 0 Å². The SMILES string of the molecule is O=C(C(Cc1ccccc1)NC(=O)C(F)(F)F)N1CCCN(Cc2ccncc2)CC1.